The predicted molar refractivity (Wildman–Crippen MR) is 70.4 cm³/mol. The number of likely N-dealkylation sites (tertiary alicyclic amines) is 1. The number of non-ortho nitro benzene ring substituents is 1. The normalized spacial score (nSPS) is 22.8. The van der Waals surface area contributed by atoms with Gasteiger partial charge in [-0.2, -0.15) is 0 Å². The monoisotopic (exact) mass is 263 g/mol. The van der Waals surface area contributed by atoms with Crippen molar-refractivity contribution in [3.63, 3.8) is 0 Å². The smallest absolute Gasteiger partial charge is 0.269 e. The number of hydrogen-bond acceptors (Lipinski definition) is 4. The third-order valence-corrected chi connectivity index (χ3v) is 3.38. The average Bonchev–Trinajstić information content (AvgIpc) is 2.65. The van der Waals surface area contributed by atoms with E-state index in [4.69, 9.17) is 5.73 Å². The van der Waals surface area contributed by atoms with Crippen LogP contribution < -0.4 is 5.73 Å². The second-order valence-corrected chi connectivity index (χ2v) is 4.75. The first-order chi connectivity index (χ1) is 9.04. The molecule has 2 rings (SSSR count). The molecule has 2 unspecified atom stereocenters. The van der Waals surface area contributed by atoms with Crippen LogP contribution >= 0.6 is 0 Å². The van der Waals surface area contributed by atoms with Gasteiger partial charge in [0.1, 0.15) is 0 Å². The molecule has 0 spiro atoms. The fraction of sp³-hybridized carbons (Fsp3) is 0.462. The molecule has 1 aliphatic rings. The number of benzene rings is 1. The maximum Gasteiger partial charge on any atom is 0.269 e. The van der Waals surface area contributed by atoms with Crippen LogP contribution in [0.25, 0.3) is 0 Å². The average molecular weight is 263 g/mol. The third-order valence-electron chi connectivity index (χ3n) is 3.38. The molecule has 19 heavy (non-hydrogen) atoms. The van der Waals surface area contributed by atoms with E-state index in [1.807, 2.05) is 6.92 Å². The molecule has 0 bridgehead atoms. The first kappa shape index (κ1) is 13.5. The van der Waals surface area contributed by atoms with E-state index in [0.29, 0.717) is 13.0 Å². The minimum Gasteiger partial charge on any atom is -0.334 e. The molecule has 1 aromatic rings. The Bertz CT molecular complexity index is 486. The lowest BCUT2D eigenvalue weighted by atomic mass is 10.0. The highest BCUT2D eigenvalue weighted by Crippen LogP contribution is 2.32. The number of nitrogens with zero attached hydrogens (tertiary/aromatic N) is 2. The number of nitrogens with two attached hydrogens (primary N) is 1. The Balaban J connectivity index is 2.27. The molecule has 2 atom stereocenters. The number of carbonyl (C=O) groups excluding carboxylic acids is 1. The van der Waals surface area contributed by atoms with Crippen LogP contribution in [0.2, 0.25) is 0 Å². The van der Waals surface area contributed by atoms with E-state index >= 15 is 0 Å². The standard InChI is InChI=1S/C13H17N3O3/c1-2-7-15-12(17)8-11(14)13(15)9-3-5-10(6-4-9)16(18)19/h3-6,11,13H,2,7-8,14H2,1H3. The lowest BCUT2D eigenvalue weighted by molar-refractivity contribution is -0.384. The maximum absolute atomic E-state index is 11.9. The first-order valence-corrected chi connectivity index (χ1v) is 6.34. The molecule has 1 amide bonds. The van der Waals surface area contributed by atoms with E-state index in [-0.39, 0.29) is 23.7 Å². The Morgan fingerprint density at radius 1 is 1.42 bits per heavy atom. The van der Waals surface area contributed by atoms with Gasteiger partial charge in [0, 0.05) is 31.1 Å². The van der Waals surface area contributed by atoms with Crippen molar-refractivity contribution >= 4 is 11.6 Å². The van der Waals surface area contributed by atoms with Crippen molar-refractivity contribution in [1.82, 2.24) is 4.90 Å². The molecule has 6 nitrogen and oxygen atoms in total. The molecule has 1 heterocycles. The summed E-state index contributed by atoms with van der Waals surface area (Å²) in [5, 5.41) is 10.6. The summed E-state index contributed by atoms with van der Waals surface area (Å²) in [6, 6.07) is 5.85. The topological polar surface area (TPSA) is 89.5 Å². The van der Waals surface area contributed by atoms with Crippen LogP contribution in [0.15, 0.2) is 24.3 Å². The zero-order chi connectivity index (χ0) is 14.0. The van der Waals surface area contributed by atoms with Gasteiger partial charge < -0.3 is 10.6 Å². The summed E-state index contributed by atoms with van der Waals surface area (Å²) in [6.45, 7) is 2.66. The minimum absolute atomic E-state index is 0.0451. The number of hydrogen-bond donors (Lipinski definition) is 1. The van der Waals surface area contributed by atoms with Crippen LogP contribution in [0.4, 0.5) is 5.69 Å². The fourth-order valence-corrected chi connectivity index (χ4v) is 2.54. The highest BCUT2D eigenvalue weighted by molar-refractivity contribution is 5.80. The van der Waals surface area contributed by atoms with Crippen molar-refractivity contribution in [2.75, 3.05) is 6.54 Å². The summed E-state index contributed by atoms with van der Waals surface area (Å²) < 4.78 is 0. The molecule has 0 saturated carbocycles. The zero-order valence-electron chi connectivity index (χ0n) is 10.8. The number of nitro groups is 1. The van der Waals surface area contributed by atoms with Crippen molar-refractivity contribution in [1.29, 1.82) is 0 Å². The van der Waals surface area contributed by atoms with Crippen LogP contribution in [-0.4, -0.2) is 28.3 Å². The third kappa shape index (κ3) is 2.58. The van der Waals surface area contributed by atoms with Gasteiger partial charge in [0.2, 0.25) is 5.91 Å². The lowest BCUT2D eigenvalue weighted by Gasteiger charge is -2.26. The van der Waals surface area contributed by atoms with Crippen molar-refractivity contribution in [2.24, 2.45) is 5.73 Å². The summed E-state index contributed by atoms with van der Waals surface area (Å²) in [5.74, 6) is 0.0534. The Kier molecular flexibility index (Phi) is 3.80. The van der Waals surface area contributed by atoms with Crippen LogP contribution in [0.1, 0.15) is 31.4 Å². The number of rotatable bonds is 4. The molecule has 6 heteroatoms. The van der Waals surface area contributed by atoms with Gasteiger partial charge in [-0.1, -0.05) is 19.1 Å². The van der Waals surface area contributed by atoms with Crippen LogP contribution in [0, 0.1) is 10.1 Å². The second kappa shape index (κ2) is 5.36. The predicted octanol–water partition coefficient (Wildman–Crippen LogP) is 1.61. The zero-order valence-corrected chi connectivity index (χ0v) is 10.8. The second-order valence-electron chi connectivity index (χ2n) is 4.75. The molecular weight excluding hydrogens is 246 g/mol. The molecule has 2 N–H and O–H groups in total. The van der Waals surface area contributed by atoms with E-state index in [1.165, 1.54) is 12.1 Å². The van der Waals surface area contributed by atoms with Crippen LogP contribution in [0.3, 0.4) is 0 Å². The Labute approximate surface area is 111 Å². The minimum atomic E-state index is -0.437. The molecule has 102 valence electrons. The van der Waals surface area contributed by atoms with Gasteiger partial charge in [-0.25, -0.2) is 0 Å². The van der Waals surface area contributed by atoms with Gasteiger partial charge in [0.15, 0.2) is 0 Å². The SMILES string of the molecule is CCCN1C(=O)CC(N)C1c1ccc([N+](=O)[O-])cc1. The highest BCUT2D eigenvalue weighted by Gasteiger charge is 2.37. The van der Waals surface area contributed by atoms with Crippen molar-refractivity contribution < 1.29 is 9.72 Å². The molecule has 0 aromatic heterocycles. The summed E-state index contributed by atoms with van der Waals surface area (Å²) in [5.41, 5.74) is 6.93. The van der Waals surface area contributed by atoms with Gasteiger partial charge in [0.25, 0.3) is 5.69 Å². The molecule has 1 aliphatic heterocycles. The largest absolute Gasteiger partial charge is 0.334 e. The van der Waals surface area contributed by atoms with E-state index in [0.717, 1.165) is 12.0 Å². The fourth-order valence-electron chi connectivity index (χ4n) is 2.54. The van der Waals surface area contributed by atoms with Gasteiger partial charge >= 0.3 is 0 Å². The van der Waals surface area contributed by atoms with Crippen LogP contribution in [-0.2, 0) is 4.79 Å². The molecule has 0 radical (unpaired) electrons. The van der Waals surface area contributed by atoms with Crippen molar-refractivity contribution in [3.05, 3.63) is 39.9 Å². The molecule has 1 saturated heterocycles. The Morgan fingerprint density at radius 2 is 2.05 bits per heavy atom. The Hall–Kier alpha value is -1.95. The van der Waals surface area contributed by atoms with E-state index < -0.39 is 4.92 Å². The summed E-state index contributed by atoms with van der Waals surface area (Å²) >= 11 is 0. The maximum atomic E-state index is 11.9. The summed E-state index contributed by atoms with van der Waals surface area (Å²) in [7, 11) is 0. The van der Waals surface area contributed by atoms with Gasteiger partial charge in [-0.3, -0.25) is 14.9 Å². The van der Waals surface area contributed by atoms with Crippen molar-refractivity contribution in [3.8, 4) is 0 Å². The van der Waals surface area contributed by atoms with Gasteiger partial charge in [0.05, 0.1) is 11.0 Å². The van der Waals surface area contributed by atoms with E-state index in [9.17, 15) is 14.9 Å². The highest BCUT2D eigenvalue weighted by atomic mass is 16.6. The lowest BCUT2D eigenvalue weighted by Crippen LogP contribution is -2.33. The van der Waals surface area contributed by atoms with E-state index in [1.54, 1.807) is 17.0 Å². The van der Waals surface area contributed by atoms with Gasteiger partial charge in [-0.05, 0) is 12.0 Å². The Morgan fingerprint density at radius 3 is 2.58 bits per heavy atom. The summed E-state index contributed by atoms with van der Waals surface area (Å²) in [4.78, 5) is 23.8. The molecule has 0 aliphatic carbocycles. The van der Waals surface area contributed by atoms with E-state index in [2.05, 4.69) is 0 Å². The van der Waals surface area contributed by atoms with Crippen molar-refractivity contribution in [2.45, 2.75) is 31.8 Å². The molecule has 1 fully saturated rings. The van der Waals surface area contributed by atoms with Gasteiger partial charge in [-0.15, -0.1) is 0 Å². The molecular formula is C13H17N3O3. The number of nitro benzene ring substituents is 1. The number of carbonyl (C=O) groups is 1. The molecule has 1 aromatic carbocycles. The quantitative estimate of drug-likeness (QED) is 0.660. The van der Waals surface area contributed by atoms with Crippen LogP contribution in [0.5, 0.6) is 0 Å². The first-order valence-electron chi connectivity index (χ1n) is 6.34. The summed E-state index contributed by atoms with van der Waals surface area (Å²) in [6.07, 6.45) is 1.20. The number of amides is 1.